The number of carbonyl (C=O) groups excluding carboxylic acids is 1. The van der Waals surface area contributed by atoms with Crippen LogP contribution in [0.15, 0.2) is 42.7 Å². The van der Waals surface area contributed by atoms with E-state index in [9.17, 15) is 4.79 Å². The van der Waals surface area contributed by atoms with Crippen LogP contribution in [-0.2, 0) is 4.79 Å². The highest BCUT2D eigenvalue weighted by molar-refractivity contribution is 7.18. The Hall–Kier alpha value is -2.80. The second kappa shape index (κ2) is 7.18. The van der Waals surface area contributed by atoms with Crippen LogP contribution in [0, 0.1) is 13.8 Å². The minimum absolute atomic E-state index is 0.0767. The fourth-order valence-electron chi connectivity index (χ4n) is 1.99. The van der Waals surface area contributed by atoms with Gasteiger partial charge in [-0.25, -0.2) is 0 Å². The molecule has 2 aromatic heterocycles. The highest BCUT2D eigenvalue weighted by Crippen LogP contribution is 2.25. The second-order valence-electron chi connectivity index (χ2n) is 5.23. The summed E-state index contributed by atoms with van der Waals surface area (Å²) < 4.78 is 5.50. The van der Waals surface area contributed by atoms with Gasteiger partial charge in [-0.3, -0.25) is 15.1 Å². The Bertz CT molecular complexity index is 849. The quantitative estimate of drug-likeness (QED) is 0.771. The lowest BCUT2D eigenvalue weighted by Gasteiger charge is -2.07. The molecule has 0 spiro atoms. The third-order valence-electron chi connectivity index (χ3n) is 3.45. The lowest BCUT2D eigenvalue weighted by Crippen LogP contribution is -2.20. The summed E-state index contributed by atoms with van der Waals surface area (Å²) in [5.74, 6) is 0.397. The van der Waals surface area contributed by atoms with Crippen molar-refractivity contribution >= 4 is 22.4 Å². The van der Waals surface area contributed by atoms with Gasteiger partial charge < -0.3 is 4.74 Å². The van der Waals surface area contributed by atoms with Crippen molar-refractivity contribution in [2.24, 2.45) is 0 Å². The van der Waals surface area contributed by atoms with Crippen molar-refractivity contribution in [3.63, 3.8) is 0 Å². The maximum atomic E-state index is 12.0. The van der Waals surface area contributed by atoms with Crippen LogP contribution in [0.3, 0.4) is 0 Å². The molecule has 0 aliphatic heterocycles. The van der Waals surface area contributed by atoms with Crippen LogP contribution >= 0.6 is 11.3 Å². The molecule has 6 nitrogen and oxygen atoms in total. The predicted octanol–water partition coefficient (Wildman–Crippen LogP) is 3.23. The van der Waals surface area contributed by atoms with Crippen molar-refractivity contribution in [2.45, 2.75) is 13.8 Å². The second-order valence-corrected chi connectivity index (χ2v) is 6.21. The summed E-state index contributed by atoms with van der Waals surface area (Å²) in [7, 11) is 0. The van der Waals surface area contributed by atoms with E-state index < -0.39 is 0 Å². The van der Waals surface area contributed by atoms with Crippen LogP contribution in [0.1, 0.15) is 11.1 Å². The standard InChI is InChI=1S/C17H16N4O2S/c1-11-3-4-14(9-12(11)2)23-10-15(22)19-17-21-20-16(24-17)13-5-7-18-8-6-13/h3-9H,10H2,1-2H3,(H,19,21,22). The smallest absolute Gasteiger partial charge is 0.264 e. The van der Waals surface area contributed by atoms with Crippen molar-refractivity contribution in [3.05, 3.63) is 53.9 Å². The van der Waals surface area contributed by atoms with Crippen LogP contribution in [0.4, 0.5) is 5.13 Å². The largest absolute Gasteiger partial charge is 0.484 e. The molecule has 0 aliphatic rings. The van der Waals surface area contributed by atoms with Gasteiger partial charge >= 0.3 is 0 Å². The summed E-state index contributed by atoms with van der Waals surface area (Å²) >= 11 is 1.30. The van der Waals surface area contributed by atoms with Gasteiger partial charge in [0, 0.05) is 18.0 Å². The first-order valence-corrected chi connectivity index (χ1v) is 8.17. The topological polar surface area (TPSA) is 77.0 Å². The lowest BCUT2D eigenvalue weighted by molar-refractivity contribution is -0.118. The van der Waals surface area contributed by atoms with Crippen LogP contribution in [0.2, 0.25) is 0 Å². The van der Waals surface area contributed by atoms with Gasteiger partial charge in [0.1, 0.15) is 10.8 Å². The molecular weight excluding hydrogens is 324 g/mol. The Balaban J connectivity index is 1.57. The van der Waals surface area contributed by atoms with Crippen molar-refractivity contribution < 1.29 is 9.53 Å². The third kappa shape index (κ3) is 3.94. The molecule has 3 aromatic rings. The van der Waals surface area contributed by atoms with Crippen LogP contribution < -0.4 is 10.1 Å². The number of nitrogens with one attached hydrogen (secondary N) is 1. The first-order chi connectivity index (χ1) is 11.6. The molecule has 0 saturated heterocycles. The molecule has 0 unspecified atom stereocenters. The molecule has 122 valence electrons. The van der Waals surface area contributed by atoms with Gasteiger partial charge in [0.05, 0.1) is 0 Å². The highest BCUT2D eigenvalue weighted by Gasteiger charge is 2.10. The number of pyridine rings is 1. The average Bonchev–Trinajstić information content (AvgIpc) is 3.05. The van der Waals surface area contributed by atoms with Gasteiger partial charge in [-0.15, -0.1) is 10.2 Å². The van der Waals surface area contributed by atoms with E-state index in [1.54, 1.807) is 12.4 Å². The first kappa shape index (κ1) is 16.1. The van der Waals surface area contributed by atoms with E-state index in [4.69, 9.17) is 4.74 Å². The van der Waals surface area contributed by atoms with Gasteiger partial charge in [0.25, 0.3) is 5.91 Å². The maximum Gasteiger partial charge on any atom is 0.264 e. The zero-order valence-electron chi connectivity index (χ0n) is 13.3. The summed E-state index contributed by atoms with van der Waals surface area (Å²) in [6, 6.07) is 9.41. The van der Waals surface area contributed by atoms with Crippen LogP contribution in [0.5, 0.6) is 5.75 Å². The molecule has 0 fully saturated rings. The van der Waals surface area contributed by atoms with Gasteiger partial charge in [0.2, 0.25) is 5.13 Å². The molecule has 1 aromatic carbocycles. The van der Waals surface area contributed by atoms with Crippen molar-refractivity contribution in [3.8, 4) is 16.3 Å². The molecule has 0 aliphatic carbocycles. The van der Waals surface area contributed by atoms with Gasteiger partial charge in [0.15, 0.2) is 6.61 Å². The zero-order valence-corrected chi connectivity index (χ0v) is 14.1. The van der Waals surface area contributed by atoms with Gasteiger partial charge in [-0.1, -0.05) is 17.4 Å². The number of aromatic nitrogens is 3. The minimum Gasteiger partial charge on any atom is -0.484 e. The monoisotopic (exact) mass is 340 g/mol. The number of carbonyl (C=O) groups is 1. The molecule has 1 amide bonds. The SMILES string of the molecule is Cc1ccc(OCC(=O)Nc2nnc(-c3ccncc3)s2)cc1C. The van der Waals surface area contributed by atoms with Crippen LogP contribution in [-0.4, -0.2) is 27.7 Å². The van der Waals surface area contributed by atoms with E-state index in [1.807, 2.05) is 44.2 Å². The molecule has 1 N–H and O–H groups in total. The Morgan fingerprint density at radius 2 is 1.92 bits per heavy atom. The Morgan fingerprint density at radius 1 is 1.12 bits per heavy atom. The molecular formula is C17H16N4O2S. The summed E-state index contributed by atoms with van der Waals surface area (Å²) in [6.45, 7) is 3.96. The summed E-state index contributed by atoms with van der Waals surface area (Å²) in [4.78, 5) is 15.9. The Kier molecular flexibility index (Phi) is 4.81. The van der Waals surface area contributed by atoms with E-state index in [0.29, 0.717) is 10.9 Å². The minimum atomic E-state index is -0.273. The average molecular weight is 340 g/mol. The van der Waals surface area contributed by atoms with E-state index in [0.717, 1.165) is 16.1 Å². The number of nitrogens with zero attached hydrogens (tertiary/aromatic N) is 3. The Labute approximate surface area is 143 Å². The number of rotatable bonds is 5. The molecule has 0 saturated carbocycles. The molecule has 3 rings (SSSR count). The number of hydrogen-bond acceptors (Lipinski definition) is 6. The molecule has 24 heavy (non-hydrogen) atoms. The first-order valence-electron chi connectivity index (χ1n) is 7.35. The lowest BCUT2D eigenvalue weighted by atomic mass is 10.1. The van der Waals surface area contributed by atoms with E-state index in [-0.39, 0.29) is 12.5 Å². The van der Waals surface area contributed by atoms with E-state index >= 15 is 0 Å². The van der Waals surface area contributed by atoms with Gasteiger partial charge in [-0.05, 0) is 49.2 Å². The van der Waals surface area contributed by atoms with E-state index in [2.05, 4.69) is 20.5 Å². The summed E-state index contributed by atoms with van der Waals surface area (Å²) in [5.41, 5.74) is 3.22. The van der Waals surface area contributed by atoms with E-state index in [1.165, 1.54) is 16.9 Å². The summed E-state index contributed by atoms with van der Waals surface area (Å²) in [6.07, 6.45) is 3.37. The zero-order chi connectivity index (χ0) is 16.9. The van der Waals surface area contributed by atoms with Crippen molar-refractivity contribution in [2.75, 3.05) is 11.9 Å². The van der Waals surface area contributed by atoms with Crippen molar-refractivity contribution in [1.82, 2.24) is 15.2 Å². The van der Waals surface area contributed by atoms with Crippen LogP contribution in [0.25, 0.3) is 10.6 Å². The number of ether oxygens (including phenoxy) is 1. The normalized spacial score (nSPS) is 10.4. The number of benzene rings is 1. The number of amides is 1. The highest BCUT2D eigenvalue weighted by atomic mass is 32.1. The molecule has 0 bridgehead atoms. The van der Waals surface area contributed by atoms with Crippen molar-refractivity contribution in [1.29, 1.82) is 0 Å². The van der Waals surface area contributed by atoms with Gasteiger partial charge in [-0.2, -0.15) is 0 Å². The Morgan fingerprint density at radius 3 is 2.67 bits per heavy atom. The fraction of sp³-hybridized carbons (Fsp3) is 0.176. The number of aryl methyl sites for hydroxylation is 2. The maximum absolute atomic E-state index is 12.0. The fourth-order valence-corrected chi connectivity index (χ4v) is 2.76. The molecule has 0 atom stereocenters. The summed E-state index contributed by atoms with van der Waals surface area (Å²) in [5, 5.41) is 11.9. The molecule has 7 heteroatoms. The predicted molar refractivity (Wildman–Crippen MR) is 93.2 cm³/mol. The number of hydrogen-bond donors (Lipinski definition) is 1. The molecule has 0 radical (unpaired) electrons. The molecule has 2 heterocycles. The third-order valence-corrected chi connectivity index (χ3v) is 4.33. The number of anilines is 1.